The fourth-order valence-corrected chi connectivity index (χ4v) is 4.86. The largest absolute Gasteiger partial charge is 0.240 e. The van der Waals surface area contributed by atoms with Crippen LogP contribution >= 0.6 is 11.3 Å². The molecule has 1 aromatic heterocycles. The maximum absolute atomic E-state index is 11.7. The number of allylic oxidation sites excluding steroid dienone is 3. The Hall–Kier alpha value is -1.46. The second kappa shape index (κ2) is 5.32. The molecule has 3 rings (SSSR count). The van der Waals surface area contributed by atoms with Crippen molar-refractivity contribution < 1.29 is 8.42 Å². The van der Waals surface area contributed by atoms with Crippen LogP contribution in [0.2, 0.25) is 0 Å². The predicted molar refractivity (Wildman–Crippen MR) is 93.1 cm³/mol. The van der Waals surface area contributed by atoms with Crippen molar-refractivity contribution in [2.45, 2.75) is 26.7 Å². The molecule has 2 atom stereocenters. The zero-order valence-corrected chi connectivity index (χ0v) is 14.8. The smallest absolute Gasteiger partial charge is 0.175 e. The first kappa shape index (κ1) is 15.4. The van der Waals surface area contributed by atoms with Crippen molar-refractivity contribution in [2.75, 3.05) is 6.26 Å². The number of aromatic nitrogens is 1. The van der Waals surface area contributed by atoms with Crippen molar-refractivity contribution in [3.05, 3.63) is 51.4 Å². The molecule has 0 bridgehead atoms. The molecule has 116 valence electrons. The Morgan fingerprint density at radius 3 is 2.45 bits per heavy atom. The number of sulfone groups is 1. The summed E-state index contributed by atoms with van der Waals surface area (Å²) in [5, 5.41) is 1.06. The molecular formula is C17H19NO2S2. The Labute approximate surface area is 135 Å². The highest BCUT2D eigenvalue weighted by Crippen LogP contribution is 2.38. The predicted octanol–water partition coefficient (Wildman–Crippen LogP) is 4.13. The minimum Gasteiger partial charge on any atom is -0.240 e. The van der Waals surface area contributed by atoms with Crippen molar-refractivity contribution >= 4 is 31.4 Å². The lowest BCUT2D eigenvalue weighted by molar-refractivity contribution is 0.601. The number of thiazole rings is 1. The van der Waals surface area contributed by atoms with Gasteiger partial charge in [0.1, 0.15) is 5.01 Å². The lowest BCUT2D eigenvalue weighted by Gasteiger charge is -2.20. The van der Waals surface area contributed by atoms with Crippen LogP contribution in [0.25, 0.3) is 10.2 Å². The molecule has 2 unspecified atom stereocenters. The van der Waals surface area contributed by atoms with Crippen LogP contribution in [0.5, 0.6) is 0 Å². The Morgan fingerprint density at radius 1 is 1.18 bits per heavy atom. The summed E-state index contributed by atoms with van der Waals surface area (Å²) >= 11 is 1.72. The van der Waals surface area contributed by atoms with Crippen LogP contribution in [0.1, 0.15) is 29.0 Å². The van der Waals surface area contributed by atoms with Crippen LogP contribution in [0.4, 0.5) is 0 Å². The Morgan fingerprint density at radius 2 is 1.86 bits per heavy atom. The summed E-state index contributed by atoms with van der Waals surface area (Å²) in [5.74, 6) is 0.262. The molecule has 1 aliphatic carbocycles. The van der Waals surface area contributed by atoms with Gasteiger partial charge in [0.25, 0.3) is 0 Å². The van der Waals surface area contributed by atoms with Crippen molar-refractivity contribution in [2.24, 2.45) is 5.92 Å². The molecule has 1 aliphatic rings. The van der Waals surface area contributed by atoms with E-state index in [2.05, 4.69) is 26.0 Å². The number of hydrogen-bond donors (Lipinski definition) is 0. The number of aryl methyl sites for hydroxylation is 2. The molecule has 0 saturated heterocycles. The number of hydrogen-bond acceptors (Lipinski definition) is 4. The molecule has 0 radical (unpaired) electrons. The SMILES string of the molecule is Cc1ccc(C)c2sc(C3C=CC(S(C)(=O)=O)=CC3C)nc12. The Balaban J connectivity index is 2.04. The summed E-state index contributed by atoms with van der Waals surface area (Å²) < 4.78 is 24.6. The van der Waals surface area contributed by atoms with Gasteiger partial charge < -0.3 is 0 Å². The number of fused-ring (bicyclic) bond motifs is 1. The molecule has 22 heavy (non-hydrogen) atoms. The molecule has 0 amide bonds. The molecule has 5 heteroatoms. The molecule has 0 spiro atoms. The molecule has 1 heterocycles. The van der Waals surface area contributed by atoms with Gasteiger partial charge in [-0.3, -0.25) is 0 Å². The molecule has 2 aromatic rings. The lowest BCUT2D eigenvalue weighted by Crippen LogP contribution is -2.12. The zero-order chi connectivity index (χ0) is 16.1. The average Bonchev–Trinajstić information content (AvgIpc) is 2.88. The number of rotatable bonds is 2. The lowest BCUT2D eigenvalue weighted by atomic mass is 9.90. The highest BCUT2D eigenvalue weighted by Gasteiger charge is 2.25. The van der Waals surface area contributed by atoms with E-state index in [-0.39, 0.29) is 11.8 Å². The summed E-state index contributed by atoms with van der Waals surface area (Å²) in [4.78, 5) is 5.23. The van der Waals surface area contributed by atoms with Crippen molar-refractivity contribution in [3.8, 4) is 0 Å². The van der Waals surface area contributed by atoms with Crippen molar-refractivity contribution in [1.29, 1.82) is 0 Å². The normalized spacial score (nSPS) is 22.1. The summed E-state index contributed by atoms with van der Waals surface area (Å²) in [6, 6.07) is 4.23. The van der Waals surface area contributed by atoms with Gasteiger partial charge >= 0.3 is 0 Å². The van der Waals surface area contributed by atoms with Crippen LogP contribution in [-0.4, -0.2) is 19.7 Å². The summed E-state index contributed by atoms with van der Waals surface area (Å²) in [5.41, 5.74) is 3.49. The van der Waals surface area contributed by atoms with Gasteiger partial charge in [0.2, 0.25) is 0 Å². The first-order valence-electron chi connectivity index (χ1n) is 7.24. The fourth-order valence-electron chi connectivity index (χ4n) is 2.76. The molecule has 3 nitrogen and oxygen atoms in total. The third-order valence-corrected chi connectivity index (χ3v) is 6.55. The van der Waals surface area contributed by atoms with Crippen LogP contribution < -0.4 is 0 Å². The molecule has 0 N–H and O–H groups in total. The van der Waals surface area contributed by atoms with E-state index in [4.69, 9.17) is 4.98 Å². The van der Waals surface area contributed by atoms with E-state index in [1.165, 1.54) is 22.1 Å². The summed E-state index contributed by atoms with van der Waals surface area (Å²) in [6.45, 7) is 6.23. The third kappa shape index (κ3) is 2.63. The zero-order valence-electron chi connectivity index (χ0n) is 13.1. The van der Waals surface area contributed by atoms with Gasteiger partial charge in [-0.15, -0.1) is 11.3 Å². The number of nitrogens with zero attached hydrogens (tertiary/aromatic N) is 1. The third-order valence-electron chi connectivity index (χ3n) is 4.13. The van der Waals surface area contributed by atoms with Gasteiger partial charge in [0.05, 0.1) is 15.1 Å². The molecule has 1 aromatic carbocycles. The van der Waals surface area contributed by atoms with Gasteiger partial charge in [-0.05, 0) is 37.0 Å². The second-order valence-electron chi connectivity index (χ2n) is 6.01. The topological polar surface area (TPSA) is 47.0 Å². The highest BCUT2D eigenvalue weighted by atomic mass is 32.2. The maximum Gasteiger partial charge on any atom is 0.175 e. The first-order chi connectivity index (χ1) is 10.3. The van der Waals surface area contributed by atoms with E-state index in [1.54, 1.807) is 17.4 Å². The van der Waals surface area contributed by atoms with Gasteiger partial charge in [0.15, 0.2) is 9.84 Å². The summed E-state index contributed by atoms with van der Waals surface area (Å²) in [7, 11) is -3.15. The van der Waals surface area contributed by atoms with Gasteiger partial charge in [-0.2, -0.15) is 0 Å². The molecule has 0 saturated carbocycles. The fraction of sp³-hybridized carbons (Fsp3) is 0.353. The second-order valence-corrected chi connectivity index (χ2v) is 9.06. The van der Waals surface area contributed by atoms with Crippen molar-refractivity contribution in [3.63, 3.8) is 0 Å². The summed E-state index contributed by atoms with van der Waals surface area (Å²) in [6.07, 6.45) is 6.78. The average molecular weight is 333 g/mol. The monoisotopic (exact) mass is 333 g/mol. The van der Waals surface area contributed by atoms with E-state index in [0.717, 1.165) is 10.5 Å². The van der Waals surface area contributed by atoms with Gasteiger partial charge in [-0.25, -0.2) is 13.4 Å². The number of benzene rings is 1. The van der Waals surface area contributed by atoms with E-state index >= 15 is 0 Å². The van der Waals surface area contributed by atoms with Gasteiger partial charge in [0, 0.05) is 12.2 Å². The van der Waals surface area contributed by atoms with Crippen LogP contribution in [0.3, 0.4) is 0 Å². The highest BCUT2D eigenvalue weighted by molar-refractivity contribution is 7.94. The standard InChI is InChI=1S/C17H19NO2S2/c1-10-5-6-11(2)16-15(10)18-17(21-16)14-8-7-13(9-12(14)3)22(4,19)20/h5-9,12,14H,1-4H3. The minimum atomic E-state index is -3.15. The van der Waals surface area contributed by atoms with E-state index in [0.29, 0.717) is 4.91 Å². The maximum atomic E-state index is 11.7. The van der Waals surface area contributed by atoms with E-state index < -0.39 is 9.84 Å². The van der Waals surface area contributed by atoms with Crippen LogP contribution in [0.15, 0.2) is 35.3 Å². The minimum absolute atomic E-state index is 0.121. The van der Waals surface area contributed by atoms with Crippen molar-refractivity contribution in [1.82, 2.24) is 4.98 Å². The molecule has 0 fully saturated rings. The quantitative estimate of drug-likeness (QED) is 0.830. The van der Waals surface area contributed by atoms with Gasteiger partial charge in [-0.1, -0.05) is 31.2 Å². The first-order valence-corrected chi connectivity index (χ1v) is 9.95. The van der Waals surface area contributed by atoms with E-state index in [9.17, 15) is 8.42 Å². The van der Waals surface area contributed by atoms with E-state index in [1.807, 2.05) is 19.1 Å². The Bertz CT molecular complexity index is 865. The van der Waals surface area contributed by atoms with Crippen LogP contribution in [0, 0.1) is 19.8 Å². The molecule has 0 aliphatic heterocycles. The Kier molecular flexibility index (Phi) is 3.73. The molecular weight excluding hydrogens is 314 g/mol. The van der Waals surface area contributed by atoms with Crippen LogP contribution in [-0.2, 0) is 9.84 Å².